The summed E-state index contributed by atoms with van der Waals surface area (Å²) in [5.74, 6) is -1.52. The normalized spacial score (nSPS) is 22.6. The number of urea groups is 1. The number of hydrogen-bond donors (Lipinski definition) is 4. The first-order valence-corrected chi connectivity index (χ1v) is 21.7. The van der Waals surface area contributed by atoms with E-state index < -0.39 is 41.1 Å². The topological polar surface area (TPSA) is 157 Å². The molecule has 1 saturated heterocycles. The monoisotopic (exact) mass is 772 g/mol. The quantitative estimate of drug-likeness (QED) is 0.139. The number of nitrogens with zero attached hydrogens (tertiary/aromatic N) is 3. The molecule has 3 aliphatic carbocycles. The Morgan fingerprint density at radius 1 is 0.855 bits per heavy atom. The molecular formula is C43H77N7O5. The molecule has 4 fully saturated rings. The van der Waals surface area contributed by atoms with Gasteiger partial charge in [-0.25, -0.2) is 4.79 Å². The van der Waals surface area contributed by atoms with Crippen molar-refractivity contribution in [3.05, 3.63) is 0 Å². The van der Waals surface area contributed by atoms with Crippen molar-refractivity contribution in [2.24, 2.45) is 34.3 Å². The zero-order chi connectivity index (χ0) is 40.7. The zero-order valence-electron chi connectivity index (χ0n) is 35.9. The number of nitrogens with one attached hydrogen (secondary N) is 3. The molecule has 4 atom stereocenters. The summed E-state index contributed by atoms with van der Waals surface area (Å²) in [6.45, 7) is 20.6. The smallest absolute Gasteiger partial charge is 0.315 e. The number of likely N-dealkylation sites (N-methyl/N-ethyl adjacent to an activating group) is 1. The summed E-state index contributed by atoms with van der Waals surface area (Å²) in [6, 6.07) is -3.28. The van der Waals surface area contributed by atoms with Crippen molar-refractivity contribution in [3.8, 4) is 0 Å². The van der Waals surface area contributed by atoms with Gasteiger partial charge in [-0.15, -0.1) is 0 Å². The van der Waals surface area contributed by atoms with Crippen molar-refractivity contribution in [1.82, 2.24) is 30.7 Å². The number of hydrogen-bond acceptors (Lipinski definition) is 7. The number of piperazine rings is 1. The first-order chi connectivity index (χ1) is 25.7. The van der Waals surface area contributed by atoms with Gasteiger partial charge in [0.2, 0.25) is 17.6 Å². The van der Waals surface area contributed by atoms with E-state index in [0.29, 0.717) is 37.6 Å². The standard InChI is InChI=1S/C43H77N7O5/c1-10-34(38(53)45-32(35(51)37(44)52)26-29-16-14-17-29)50(23-22-42(5,6)31-20-15-21-31)39(54)36(41(2,3)4)47-40(55)46-33(30-18-12-11-13-19-30)27-49-25-24-48(9)43(7,8)28-49/h29-34,36H,10-28H2,1-9H3,(H2,44,52)(H,45,53)(H2,46,47,55)/t32?,33-,34+,36+/m1/s1. The molecule has 4 aliphatic rings. The van der Waals surface area contributed by atoms with Crippen LogP contribution in [0.25, 0.3) is 0 Å². The molecule has 12 nitrogen and oxygen atoms in total. The van der Waals surface area contributed by atoms with Crippen LogP contribution >= 0.6 is 0 Å². The summed E-state index contributed by atoms with van der Waals surface area (Å²) < 4.78 is 0. The lowest BCUT2D eigenvalue weighted by atomic mass is 9.66. The maximum Gasteiger partial charge on any atom is 0.315 e. The van der Waals surface area contributed by atoms with Crippen molar-refractivity contribution >= 4 is 29.5 Å². The van der Waals surface area contributed by atoms with E-state index in [0.717, 1.165) is 84.0 Å². The summed E-state index contributed by atoms with van der Waals surface area (Å²) in [5.41, 5.74) is 4.74. The average Bonchev–Trinajstić information content (AvgIpc) is 3.05. The third-order valence-electron chi connectivity index (χ3n) is 14.0. The van der Waals surface area contributed by atoms with E-state index in [9.17, 15) is 19.2 Å². The van der Waals surface area contributed by atoms with Crippen molar-refractivity contribution < 1.29 is 24.0 Å². The van der Waals surface area contributed by atoms with Gasteiger partial charge in [-0.3, -0.25) is 29.0 Å². The fourth-order valence-corrected chi connectivity index (χ4v) is 9.28. The van der Waals surface area contributed by atoms with Gasteiger partial charge in [0.25, 0.3) is 5.91 Å². The van der Waals surface area contributed by atoms with E-state index in [2.05, 4.69) is 60.5 Å². The number of nitrogens with two attached hydrogens (primary N) is 1. The Hall–Kier alpha value is -2.73. The van der Waals surface area contributed by atoms with E-state index >= 15 is 4.79 Å². The zero-order valence-corrected chi connectivity index (χ0v) is 35.9. The second kappa shape index (κ2) is 19.1. The highest BCUT2D eigenvalue weighted by atomic mass is 16.2. The van der Waals surface area contributed by atoms with Gasteiger partial charge in [0.05, 0.1) is 6.04 Å². The SMILES string of the molecule is CC[C@@H](C(=O)NC(CC1CCC1)C(=O)C(N)=O)N(CCC(C)(C)C1CCC1)C(=O)[C@H](NC(=O)N[C@H](CN1CCN(C)C(C)(C)C1)C1CCCCC1)C(C)(C)C. The Kier molecular flexibility index (Phi) is 15.7. The van der Waals surface area contributed by atoms with Gasteiger partial charge in [-0.2, -0.15) is 0 Å². The fourth-order valence-electron chi connectivity index (χ4n) is 9.28. The second-order valence-corrected chi connectivity index (χ2v) is 20.0. The minimum atomic E-state index is -1.07. The molecule has 1 unspecified atom stereocenters. The maximum absolute atomic E-state index is 15.0. The number of ketones is 1. The van der Waals surface area contributed by atoms with Gasteiger partial charge >= 0.3 is 6.03 Å². The number of carbonyl (C=O) groups excluding carboxylic acids is 5. The van der Waals surface area contributed by atoms with E-state index in [1.54, 1.807) is 4.90 Å². The maximum atomic E-state index is 15.0. The van der Waals surface area contributed by atoms with Crippen LogP contribution in [0.15, 0.2) is 0 Å². The van der Waals surface area contributed by atoms with Gasteiger partial charge in [-0.1, -0.05) is 86.5 Å². The minimum Gasteiger partial charge on any atom is -0.363 e. The summed E-state index contributed by atoms with van der Waals surface area (Å²) in [7, 11) is 2.17. The second-order valence-electron chi connectivity index (χ2n) is 20.0. The Morgan fingerprint density at radius 2 is 1.49 bits per heavy atom. The molecule has 314 valence electrons. The molecule has 5 amide bonds. The molecule has 1 aliphatic heterocycles. The van der Waals surface area contributed by atoms with Crippen molar-refractivity contribution in [2.75, 3.05) is 39.8 Å². The number of Topliss-reactive ketones (excluding diaryl/α,β-unsaturated/α-hetero) is 1. The van der Waals surface area contributed by atoms with Crippen LogP contribution in [0.5, 0.6) is 0 Å². The molecule has 0 aromatic heterocycles. The van der Waals surface area contributed by atoms with E-state index in [1.165, 1.54) is 12.8 Å². The number of rotatable bonds is 18. The lowest BCUT2D eigenvalue weighted by Gasteiger charge is -2.47. The molecule has 4 rings (SSSR count). The summed E-state index contributed by atoms with van der Waals surface area (Å²) in [6.07, 6.45) is 13.4. The molecule has 0 aromatic rings. The summed E-state index contributed by atoms with van der Waals surface area (Å²) in [5, 5.41) is 9.35. The van der Waals surface area contributed by atoms with Crippen LogP contribution in [0.3, 0.4) is 0 Å². The highest BCUT2D eigenvalue weighted by molar-refractivity contribution is 6.37. The third-order valence-corrected chi connectivity index (χ3v) is 14.0. The summed E-state index contributed by atoms with van der Waals surface area (Å²) >= 11 is 0. The van der Waals surface area contributed by atoms with Crippen molar-refractivity contribution in [2.45, 2.75) is 175 Å². The molecule has 5 N–H and O–H groups in total. The first-order valence-electron chi connectivity index (χ1n) is 21.7. The van der Waals surface area contributed by atoms with Crippen LogP contribution in [0.1, 0.15) is 145 Å². The Morgan fingerprint density at radius 3 is 2.00 bits per heavy atom. The van der Waals surface area contributed by atoms with Gasteiger partial charge < -0.3 is 26.6 Å². The number of amides is 5. The van der Waals surface area contributed by atoms with Gasteiger partial charge in [0.15, 0.2) is 0 Å². The fraction of sp³-hybridized carbons (Fsp3) is 0.884. The molecule has 55 heavy (non-hydrogen) atoms. The van der Waals surface area contributed by atoms with Crippen molar-refractivity contribution in [1.29, 1.82) is 0 Å². The number of primary amides is 1. The Labute approximate surface area is 332 Å². The van der Waals surface area contributed by atoms with Crippen LogP contribution in [0.4, 0.5) is 4.79 Å². The first kappa shape index (κ1) is 45.0. The van der Waals surface area contributed by atoms with Crippen LogP contribution in [-0.2, 0) is 19.2 Å². The van der Waals surface area contributed by atoms with Crippen LogP contribution < -0.4 is 21.7 Å². The average molecular weight is 772 g/mol. The van der Waals surface area contributed by atoms with Gasteiger partial charge in [0, 0.05) is 44.3 Å². The van der Waals surface area contributed by atoms with E-state index in [1.807, 2.05) is 27.7 Å². The van der Waals surface area contributed by atoms with Gasteiger partial charge in [0.1, 0.15) is 12.1 Å². The molecule has 12 heteroatoms. The molecule has 0 spiro atoms. The summed E-state index contributed by atoms with van der Waals surface area (Å²) in [4.78, 5) is 74.9. The highest BCUT2D eigenvalue weighted by Crippen LogP contribution is 2.44. The van der Waals surface area contributed by atoms with Crippen LogP contribution in [0, 0.1) is 28.6 Å². The molecule has 0 radical (unpaired) electrons. The lowest BCUT2D eigenvalue weighted by molar-refractivity contribution is -0.146. The minimum absolute atomic E-state index is 0.0322. The van der Waals surface area contributed by atoms with Gasteiger partial charge in [-0.05, 0) is 94.4 Å². The van der Waals surface area contributed by atoms with Crippen LogP contribution in [-0.4, -0.2) is 114 Å². The Balaban J connectivity index is 1.58. The lowest BCUT2D eigenvalue weighted by Crippen LogP contribution is -2.63. The molecular weight excluding hydrogens is 695 g/mol. The van der Waals surface area contributed by atoms with E-state index in [4.69, 9.17) is 5.73 Å². The largest absolute Gasteiger partial charge is 0.363 e. The molecule has 3 saturated carbocycles. The molecule has 1 heterocycles. The number of carbonyl (C=O) groups is 5. The third kappa shape index (κ3) is 12.1. The van der Waals surface area contributed by atoms with Crippen molar-refractivity contribution in [3.63, 3.8) is 0 Å². The van der Waals surface area contributed by atoms with Crippen LogP contribution in [0.2, 0.25) is 0 Å². The van der Waals surface area contributed by atoms with E-state index in [-0.39, 0.29) is 34.9 Å². The predicted molar refractivity (Wildman–Crippen MR) is 218 cm³/mol. The molecule has 0 bridgehead atoms. The molecule has 0 aromatic carbocycles. The highest BCUT2D eigenvalue weighted by Gasteiger charge is 2.43. The Bertz CT molecular complexity index is 1330. The predicted octanol–water partition coefficient (Wildman–Crippen LogP) is 5.23.